The summed E-state index contributed by atoms with van der Waals surface area (Å²) >= 11 is 0. The van der Waals surface area contributed by atoms with E-state index in [4.69, 9.17) is 0 Å². The van der Waals surface area contributed by atoms with Gasteiger partial charge in [-0.05, 0) is 43.3 Å². The topological polar surface area (TPSA) is 40.6 Å². The standard InChI is InChI=1S/C18H16F2N2O2/c1-12-17(23)22(14-8-6-13(19)7-9-14)11-10-21(12)18(24)15-4-2-3-5-16(15)20/h2-9,12H,10-11H2,1H3. The predicted molar refractivity (Wildman–Crippen MR) is 85.7 cm³/mol. The SMILES string of the molecule is CC1C(=O)N(c2ccc(F)cc2)CCN1C(=O)c1ccccc1F. The number of hydrogen-bond acceptors (Lipinski definition) is 2. The van der Waals surface area contributed by atoms with Gasteiger partial charge in [-0.2, -0.15) is 0 Å². The summed E-state index contributed by atoms with van der Waals surface area (Å²) in [6.45, 7) is 2.16. The van der Waals surface area contributed by atoms with Gasteiger partial charge in [-0.25, -0.2) is 8.78 Å². The zero-order valence-corrected chi connectivity index (χ0v) is 13.1. The molecule has 0 spiro atoms. The van der Waals surface area contributed by atoms with Crippen LogP contribution in [-0.2, 0) is 4.79 Å². The first-order valence-corrected chi connectivity index (χ1v) is 7.61. The first kappa shape index (κ1) is 16.1. The third kappa shape index (κ3) is 2.87. The van der Waals surface area contributed by atoms with Crippen molar-refractivity contribution in [3.05, 3.63) is 65.7 Å². The Bertz CT molecular complexity index is 777. The van der Waals surface area contributed by atoms with Crippen LogP contribution in [0.15, 0.2) is 48.5 Å². The largest absolute Gasteiger partial charge is 0.325 e. The Morgan fingerprint density at radius 3 is 2.38 bits per heavy atom. The summed E-state index contributed by atoms with van der Waals surface area (Å²) in [6, 6.07) is 10.6. The molecule has 2 aromatic carbocycles. The second-order valence-electron chi connectivity index (χ2n) is 5.62. The Balaban J connectivity index is 1.81. The average molecular weight is 330 g/mol. The van der Waals surface area contributed by atoms with Gasteiger partial charge < -0.3 is 9.80 Å². The van der Waals surface area contributed by atoms with Gasteiger partial charge in [-0.15, -0.1) is 0 Å². The van der Waals surface area contributed by atoms with E-state index < -0.39 is 17.8 Å². The smallest absolute Gasteiger partial charge is 0.257 e. The molecule has 0 bridgehead atoms. The Morgan fingerprint density at radius 1 is 1.04 bits per heavy atom. The van der Waals surface area contributed by atoms with Gasteiger partial charge in [0.25, 0.3) is 5.91 Å². The lowest BCUT2D eigenvalue weighted by Crippen LogP contribution is -2.57. The minimum Gasteiger partial charge on any atom is -0.325 e. The van der Waals surface area contributed by atoms with Gasteiger partial charge in [0, 0.05) is 18.8 Å². The number of nitrogens with zero attached hydrogens (tertiary/aromatic N) is 2. The van der Waals surface area contributed by atoms with E-state index in [2.05, 4.69) is 0 Å². The molecule has 2 amide bonds. The molecule has 1 heterocycles. The first-order chi connectivity index (χ1) is 11.5. The maximum Gasteiger partial charge on any atom is 0.257 e. The molecule has 1 atom stereocenters. The van der Waals surface area contributed by atoms with Crippen molar-refractivity contribution in [3.8, 4) is 0 Å². The van der Waals surface area contributed by atoms with Crippen LogP contribution >= 0.6 is 0 Å². The van der Waals surface area contributed by atoms with Crippen molar-refractivity contribution in [2.75, 3.05) is 18.0 Å². The van der Waals surface area contributed by atoms with Crippen LogP contribution in [0.25, 0.3) is 0 Å². The zero-order valence-electron chi connectivity index (χ0n) is 13.1. The van der Waals surface area contributed by atoms with Crippen LogP contribution in [0.3, 0.4) is 0 Å². The van der Waals surface area contributed by atoms with Crippen LogP contribution < -0.4 is 4.90 Å². The summed E-state index contributed by atoms with van der Waals surface area (Å²) in [4.78, 5) is 28.0. The Morgan fingerprint density at radius 2 is 1.71 bits per heavy atom. The third-order valence-corrected chi connectivity index (χ3v) is 4.16. The molecule has 4 nitrogen and oxygen atoms in total. The van der Waals surface area contributed by atoms with E-state index in [0.717, 1.165) is 0 Å². The van der Waals surface area contributed by atoms with Crippen molar-refractivity contribution < 1.29 is 18.4 Å². The van der Waals surface area contributed by atoms with Gasteiger partial charge in [0.15, 0.2) is 0 Å². The maximum atomic E-state index is 13.8. The molecule has 1 saturated heterocycles. The summed E-state index contributed by atoms with van der Waals surface area (Å²) in [5.74, 6) is -1.78. The van der Waals surface area contributed by atoms with E-state index in [-0.39, 0.29) is 30.4 Å². The van der Waals surface area contributed by atoms with Crippen molar-refractivity contribution in [2.24, 2.45) is 0 Å². The van der Waals surface area contributed by atoms with Gasteiger partial charge in [0.1, 0.15) is 17.7 Å². The van der Waals surface area contributed by atoms with Gasteiger partial charge in [0.05, 0.1) is 5.56 Å². The first-order valence-electron chi connectivity index (χ1n) is 7.61. The number of hydrogen-bond donors (Lipinski definition) is 0. The molecule has 0 radical (unpaired) electrons. The average Bonchev–Trinajstić information content (AvgIpc) is 2.58. The lowest BCUT2D eigenvalue weighted by atomic mass is 10.1. The highest BCUT2D eigenvalue weighted by Crippen LogP contribution is 2.22. The van der Waals surface area contributed by atoms with E-state index in [1.165, 1.54) is 52.3 Å². The van der Waals surface area contributed by atoms with Gasteiger partial charge in [0.2, 0.25) is 5.91 Å². The summed E-state index contributed by atoms with van der Waals surface area (Å²) in [6.07, 6.45) is 0. The highest BCUT2D eigenvalue weighted by atomic mass is 19.1. The minimum atomic E-state index is -0.726. The molecular formula is C18H16F2N2O2. The van der Waals surface area contributed by atoms with E-state index in [0.29, 0.717) is 5.69 Å². The molecule has 0 aromatic heterocycles. The number of amides is 2. The molecular weight excluding hydrogens is 314 g/mol. The Kier molecular flexibility index (Phi) is 4.29. The van der Waals surface area contributed by atoms with Crippen LogP contribution in [0, 0.1) is 11.6 Å². The summed E-state index contributed by atoms with van der Waals surface area (Å²) < 4.78 is 26.8. The van der Waals surface area contributed by atoms with E-state index in [1.807, 2.05) is 0 Å². The second kappa shape index (κ2) is 6.39. The van der Waals surface area contributed by atoms with E-state index in [1.54, 1.807) is 13.0 Å². The van der Waals surface area contributed by atoms with E-state index >= 15 is 0 Å². The fourth-order valence-corrected chi connectivity index (χ4v) is 2.81. The number of anilines is 1. The van der Waals surface area contributed by atoms with Gasteiger partial charge in [-0.1, -0.05) is 12.1 Å². The van der Waals surface area contributed by atoms with Crippen LogP contribution in [0.4, 0.5) is 14.5 Å². The minimum absolute atomic E-state index is 0.0487. The molecule has 0 aliphatic carbocycles. The molecule has 0 N–H and O–H groups in total. The molecule has 124 valence electrons. The summed E-state index contributed by atoms with van der Waals surface area (Å²) in [7, 11) is 0. The number of carbonyl (C=O) groups is 2. The molecule has 3 rings (SSSR count). The van der Waals surface area contributed by atoms with E-state index in [9.17, 15) is 18.4 Å². The second-order valence-corrected chi connectivity index (χ2v) is 5.62. The monoisotopic (exact) mass is 330 g/mol. The molecule has 1 aliphatic heterocycles. The molecule has 1 fully saturated rings. The normalized spacial score (nSPS) is 18.0. The van der Waals surface area contributed by atoms with Crippen molar-refractivity contribution >= 4 is 17.5 Å². The number of benzene rings is 2. The van der Waals surface area contributed by atoms with Crippen LogP contribution in [0.2, 0.25) is 0 Å². The molecule has 1 unspecified atom stereocenters. The Labute approximate surface area is 138 Å². The van der Waals surface area contributed by atoms with Gasteiger partial charge in [-0.3, -0.25) is 9.59 Å². The molecule has 24 heavy (non-hydrogen) atoms. The molecule has 6 heteroatoms. The van der Waals surface area contributed by atoms with Crippen LogP contribution in [-0.4, -0.2) is 35.8 Å². The maximum absolute atomic E-state index is 13.8. The highest BCUT2D eigenvalue weighted by Gasteiger charge is 2.35. The fourth-order valence-electron chi connectivity index (χ4n) is 2.81. The third-order valence-electron chi connectivity index (χ3n) is 4.16. The van der Waals surface area contributed by atoms with Crippen molar-refractivity contribution in [2.45, 2.75) is 13.0 Å². The van der Waals surface area contributed by atoms with Crippen molar-refractivity contribution in [1.29, 1.82) is 0 Å². The number of rotatable bonds is 2. The van der Waals surface area contributed by atoms with Gasteiger partial charge >= 0.3 is 0 Å². The molecule has 0 saturated carbocycles. The quantitative estimate of drug-likeness (QED) is 0.849. The van der Waals surface area contributed by atoms with Crippen LogP contribution in [0.1, 0.15) is 17.3 Å². The van der Waals surface area contributed by atoms with Crippen LogP contribution in [0.5, 0.6) is 0 Å². The molecule has 1 aliphatic rings. The van der Waals surface area contributed by atoms with Crippen molar-refractivity contribution in [1.82, 2.24) is 4.90 Å². The summed E-state index contributed by atoms with van der Waals surface area (Å²) in [5, 5.41) is 0. The fraction of sp³-hybridized carbons (Fsp3) is 0.222. The zero-order chi connectivity index (χ0) is 17.3. The summed E-state index contributed by atoms with van der Waals surface area (Å²) in [5.41, 5.74) is 0.527. The number of piperazine rings is 1. The number of halogens is 2. The highest BCUT2D eigenvalue weighted by molar-refractivity contribution is 6.03. The van der Waals surface area contributed by atoms with Crippen molar-refractivity contribution in [3.63, 3.8) is 0 Å². The molecule has 2 aromatic rings. The number of carbonyl (C=O) groups excluding carboxylic acids is 2. The lowest BCUT2D eigenvalue weighted by molar-refractivity contribution is -0.124. The lowest BCUT2D eigenvalue weighted by Gasteiger charge is -2.39. The Hall–Kier alpha value is -2.76. The predicted octanol–water partition coefficient (Wildman–Crippen LogP) is 2.84.